The normalized spacial score (nSPS) is 10.9. The number of hydrogen-bond acceptors (Lipinski definition) is 5. The zero-order valence-electron chi connectivity index (χ0n) is 17.0. The molecule has 8 heteroatoms. The van der Waals surface area contributed by atoms with Crippen molar-refractivity contribution in [2.75, 3.05) is 0 Å². The minimum atomic E-state index is -1.04. The Hall–Kier alpha value is -4.46. The summed E-state index contributed by atoms with van der Waals surface area (Å²) in [6.45, 7) is 0. The van der Waals surface area contributed by atoms with Crippen LogP contribution in [0.3, 0.4) is 0 Å². The second kappa shape index (κ2) is 10.5. The molecule has 0 aliphatic carbocycles. The molecular formula is C24H21N3O5. The van der Waals surface area contributed by atoms with Gasteiger partial charge < -0.3 is 15.6 Å². The van der Waals surface area contributed by atoms with Gasteiger partial charge in [0.05, 0.1) is 5.57 Å². The first kappa shape index (κ1) is 22.2. The summed E-state index contributed by atoms with van der Waals surface area (Å²) in [6, 6.07) is 16.6. The zero-order chi connectivity index (χ0) is 22.9. The highest BCUT2D eigenvalue weighted by Crippen LogP contribution is 2.25. The molecule has 162 valence electrons. The van der Waals surface area contributed by atoms with Crippen LogP contribution in [0.4, 0.5) is 4.79 Å². The molecule has 0 spiro atoms. The number of amides is 3. The quantitative estimate of drug-likeness (QED) is 0.467. The minimum Gasteiger partial charge on any atom is -0.478 e. The summed E-state index contributed by atoms with van der Waals surface area (Å²) in [5, 5.41) is 11.6. The summed E-state index contributed by atoms with van der Waals surface area (Å²) < 4.78 is 5.81. The van der Waals surface area contributed by atoms with Gasteiger partial charge >= 0.3 is 12.0 Å². The van der Waals surface area contributed by atoms with E-state index < -0.39 is 17.9 Å². The van der Waals surface area contributed by atoms with Gasteiger partial charge in [-0.3, -0.25) is 15.1 Å². The number of aryl methyl sites for hydroxylation is 1. The molecule has 32 heavy (non-hydrogen) atoms. The number of nitrogens with two attached hydrogens (primary N) is 1. The van der Waals surface area contributed by atoms with Crippen molar-refractivity contribution in [1.29, 1.82) is 0 Å². The Morgan fingerprint density at radius 1 is 1.00 bits per heavy atom. The fourth-order valence-corrected chi connectivity index (χ4v) is 2.92. The molecule has 0 unspecified atom stereocenters. The Labute approximate surface area is 184 Å². The number of carbonyl (C=O) groups excluding carboxylic acids is 2. The van der Waals surface area contributed by atoms with E-state index in [1.54, 1.807) is 67.0 Å². The van der Waals surface area contributed by atoms with Crippen molar-refractivity contribution < 1.29 is 24.2 Å². The number of rotatable bonds is 8. The Balaban J connectivity index is 1.64. The number of pyridine rings is 1. The number of primary amides is 1. The number of aromatic nitrogens is 1. The molecule has 0 radical (unpaired) electrons. The van der Waals surface area contributed by atoms with E-state index in [1.165, 1.54) is 0 Å². The highest BCUT2D eigenvalue weighted by Gasteiger charge is 2.11. The van der Waals surface area contributed by atoms with Crippen LogP contribution in [0.2, 0.25) is 0 Å². The van der Waals surface area contributed by atoms with Crippen LogP contribution in [-0.4, -0.2) is 28.0 Å². The average molecular weight is 431 g/mol. The number of urea groups is 1. The topological polar surface area (TPSA) is 132 Å². The molecule has 3 rings (SSSR count). The van der Waals surface area contributed by atoms with Crippen LogP contribution in [0.5, 0.6) is 11.5 Å². The zero-order valence-corrected chi connectivity index (χ0v) is 17.0. The highest BCUT2D eigenvalue weighted by molar-refractivity contribution is 6.20. The molecule has 0 fully saturated rings. The molecular weight excluding hydrogens is 410 g/mol. The molecule has 1 aromatic heterocycles. The highest BCUT2D eigenvalue weighted by atomic mass is 16.5. The number of hydrogen-bond donors (Lipinski definition) is 3. The average Bonchev–Trinajstić information content (AvgIpc) is 2.78. The van der Waals surface area contributed by atoms with E-state index in [0.717, 1.165) is 5.56 Å². The summed E-state index contributed by atoms with van der Waals surface area (Å²) in [7, 11) is 0. The second-order valence-corrected chi connectivity index (χ2v) is 6.83. The van der Waals surface area contributed by atoms with Gasteiger partial charge in [0.25, 0.3) is 0 Å². The van der Waals surface area contributed by atoms with Crippen LogP contribution in [0, 0.1) is 0 Å². The number of carboxylic acid groups (broad SMARTS) is 1. The van der Waals surface area contributed by atoms with Crippen molar-refractivity contribution >= 4 is 29.6 Å². The Bertz CT molecular complexity index is 1120. The first-order valence-electron chi connectivity index (χ1n) is 9.72. The molecule has 0 aliphatic rings. The molecule has 4 N–H and O–H groups in total. The smallest absolute Gasteiger partial charge is 0.336 e. The molecule has 8 nitrogen and oxygen atoms in total. The Kier molecular flexibility index (Phi) is 7.32. The van der Waals surface area contributed by atoms with E-state index in [2.05, 4.69) is 4.98 Å². The summed E-state index contributed by atoms with van der Waals surface area (Å²) in [5.74, 6) is -0.334. The van der Waals surface area contributed by atoms with Crippen LogP contribution in [0.25, 0.3) is 11.6 Å². The van der Waals surface area contributed by atoms with Crippen molar-refractivity contribution in [1.82, 2.24) is 10.3 Å². The van der Waals surface area contributed by atoms with Crippen LogP contribution >= 0.6 is 0 Å². The fourth-order valence-electron chi connectivity index (χ4n) is 2.92. The van der Waals surface area contributed by atoms with Gasteiger partial charge in [-0.25, -0.2) is 9.59 Å². The lowest BCUT2D eigenvalue weighted by atomic mass is 10.0. The standard InChI is InChI=1S/C24H21N3O5/c25-24(31)27-22(28)12-5-16-3-8-19(9-4-16)32-20-10-6-18(7-11-20)21(23(29)30)14-17-2-1-13-26-15-17/h1-4,6-11,13-15H,5,12H2,(H,29,30)(H3,25,27,28,31)/b21-14-. The van der Waals surface area contributed by atoms with E-state index in [-0.39, 0.29) is 12.0 Å². The number of carboxylic acids is 1. The Morgan fingerprint density at radius 3 is 2.22 bits per heavy atom. The first-order chi connectivity index (χ1) is 15.4. The van der Waals surface area contributed by atoms with Crippen molar-refractivity contribution in [3.05, 3.63) is 89.7 Å². The van der Waals surface area contributed by atoms with E-state index in [0.29, 0.717) is 29.0 Å². The number of imide groups is 1. The lowest BCUT2D eigenvalue weighted by Gasteiger charge is -2.09. The number of carbonyl (C=O) groups is 3. The van der Waals surface area contributed by atoms with Gasteiger partial charge in [-0.15, -0.1) is 0 Å². The van der Waals surface area contributed by atoms with Crippen LogP contribution in [0.15, 0.2) is 73.1 Å². The minimum absolute atomic E-state index is 0.142. The van der Waals surface area contributed by atoms with Crippen molar-refractivity contribution in [2.24, 2.45) is 5.73 Å². The van der Waals surface area contributed by atoms with Crippen molar-refractivity contribution in [3.63, 3.8) is 0 Å². The van der Waals surface area contributed by atoms with Crippen LogP contribution < -0.4 is 15.8 Å². The summed E-state index contributed by atoms with van der Waals surface area (Å²) in [4.78, 5) is 37.8. The van der Waals surface area contributed by atoms with E-state index in [4.69, 9.17) is 10.5 Å². The maximum absolute atomic E-state index is 11.7. The van der Waals surface area contributed by atoms with Crippen molar-refractivity contribution in [2.45, 2.75) is 12.8 Å². The monoisotopic (exact) mass is 431 g/mol. The maximum Gasteiger partial charge on any atom is 0.336 e. The van der Waals surface area contributed by atoms with Crippen molar-refractivity contribution in [3.8, 4) is 11.5 Å². The number of nitrogens with one attached hydrogen (secondary N) is 1. The molecule has 1 heterocycles. The first-order valence-corrected chi connectivity index (χ1v) is 9.72. The van der Waals surface area contributed by atoms with Crippen LogP contribution in [-0.2, 0) is 16.0 Å². The second-order valence-electron chi connectivity index (χ2n) is 6.83. The molecule has 0 saturated heterocycles. The summed E-state index contributed by atoms with van der Waals surface area (Å²) >= 11 is 0. The number of benzene rings is 2. The van der Waals surface area contributed by atoms with E-state index >= 15 is 0 Å². The molecule has 3 aromatic rings. The van der Waals surface area contributed by atoms with Gasteiger partial charge in [-0.05, 0) is 59.5 Å². The number of aliphatic carboxylic acids is 1. The van der Waals surface area contributed by atoms with Gasteiger partial charge in [-0.1, -0.05) is 30.3 Å². The number of nitrogens with zero attached hydrogens (tertiary/aromatic N) is 1. The largest absolute Gasteiger partial charge is 0.478 e. The maximum atomic E-state index is 11.7. The third-order valence-corrected chi connectivity index (χ3v) is 4.45. The number of ether oxygens (including phenoxy) is 1. The predicted molar refractivity (Wildman–Crippen MR) is 119 cm³/mol. The molecule has 0 atom stereocenters. The van der Waals surface area contributed by atoms with E-state index in [9.17, 15) is 19.5 Å². The molecule has 0 saturated carbocycles. The molecule has 0 bridgehead atoms. The summed E-state index contributed by atoms with van der Waals surface area (Å²) in [6.07, 6.45) is 5.37. The SMILES string of the molecule is NC(=O)NC(=O)CCc1ccc(Oc2ccc(/C(=C/c3cccnc3)C(=O)O)cc2)cc1. The predicted octanol–water partition coefficient (Wildman–Crippen LogP) is 3.63. The molecule has 0 aliphatic heterocycles. The third-order valence-electron chi connectivity index (χ3n) is 4.45. The van der Waals surface area contributed by atoms with Gasteiger partial charge in [0, 0.05) is 18.8 Å². The van der Waals surface area contributed by atoms with E-state index in [1.807, 2.05) is 17.4 Å². The van der Waals surface area contributed by atoms with Gasteiger partial charge in [0.1, 0.15) is 11.5 Å². The molecule has 2 aromatic carbocycles. The lowest BCUT2D eigenvalue weighted by molar-refractivity contribution is -0.130. The lowest BCUT2D eigenvalue weighted by Crippen LogP contribution is -2.35. The van der Waals surface area contributed by atoms with Gasteiger partial charge in [0.15, 0.2) is 0 Å². The van der Waals surface area contributed by atoms with Crippen LogP contribution in [0.1, 0.15) is 23.1 Å². The third kappa shape index (κ3) is 6.53. The Morgan fingerprint density at radius 2 is 1.66 bits per heavy atom. The molecule has 3 amide bonds. The van der Waals surface area contributed by atoms with Gasteiger partial charge in [0.2, 0.25) is 5.91 Å². The van der Waals surface area contributed by atoms with Gasteiger partial charge in [-0.2, -0.15) is 0 Å². The summed E-state index contributed by atoms with van der Waals surface area (Å²) in [5.41, 5.74) is 7.19. The fraction of sp³-hybridized carbons (Fsp3) is 0.0833.